The van der Waals surface area contributed by atoms with Crippen LogP contribution in [0.4, 0.5) is 0 Å². The van der Waals surface area contributed by atoms with Crippen LogP contribution in [0.3, 0.4) is 0 Å². The first-order valence-corrected chi connectivity index (χ1v) is 8.59. The lowest BCUT2D eigenvalue weighted by Crippen LogP contribution is -2.39. The van der Waals surface area contributed by atoms with Gasteiger partial charge in [-0.15, -0.1) is 0 Å². The van der Waals surface area contributed by atoms with Gasteiger partial charge in [0.2, 0.25) is 0 Å². The molecule has 3 aromatic rings. The minimum absolute atomic E-state index is 0.00760. The number of ether oxygens (including phenoxy) is 1. The van der Waals surface area contributed by atoms with Gasteiger partial charge >= 0.3 is 0 Å². The molecule has 0 unspecified atom stereocenters. The van der Waals surface area contributed by atoms with Crippen LogP contribution in [0.5, 0.6) is 5.75 Å². The predicted molar refractivity (Wildman–Crippen MR) is 102 cm³/mol. The average molecular weight is 333 g/mol. The van der Waals surface area contributed by atoms with E-state index < -0.39 is 0 Å². The number of carbonyl (C=O) groups excluding carboxylic acids is 1. The Balaban J connectivity index is 1.71. The monoisotopic (exact) mass is 333 g/mol. The molecule has 0 atom stereocenters. The number of benzene rings is 3. The highest BCUT2D eigenvalue weighted by atomic mass is 16.5. The van der Waals surface area contributed by atoms with E-state index in [9.17, 15) is 4.79 Å². The van der Waals surface area contributed by atoms with Crippen LogP contribution in [0.1, 0.15) is 19.4 Å². The molecule has 0 aliphatic rings. The summed E-state index contributed by atoms with van der Waals surface area (Å²) >= 11 is 0. The van der Waals surface area contributed by atoms with Gasteiger partial charge in [-0.3, -0.25) is 4.79 Å². The number of hydrogen-bond acceptors (Lipinski definition) is 2. The van der Waals surface area contributed by atoms with Crippen molar-refractivity contribution in [2.75, 3.05) is 6.61 Å². The van der Waals surface area contributed by atoms with Crippen LogP contribution < -0.4 is 4.74 Å². The number of carbonyl (C=O) groups is 1. The summed E-state index contributed by atoms with van der Waals surface area (Å²) in [6.07, 6.45) is 0. The minimum Gasteiger partial charge on any atom is -0.483 e. The fraction of sp³-hybridized carbons (Fsp3) is 0.227. The molecular weight excluding hydrogens is 310 g/mol. The highest BCUT2D eigenvalue weighted by Crippen LogP contribution is 2.25. The van der Waals surface area contributed by atoms with Crippen molar-refractivity contribution in [3.63, 3.8) is 0 Å². The maximum atomic E-state index is 12.7. The van der Waals surface area contributed by atoms with E-state index in [1.165, 1.54) is 0 Å². The topological polar surface area (TPSA) is 29.5 Å². The van der Waals surface area contributed by atoms with E-state index in [4.69, 9.17) is 4.74 Å². The van der Waals surface area contributed by atoms with Gasteiger partial charge in [0.15, 0.2) is 6.61 Å². The second-order valence-corrected chi connectivity index (χ2v) is 6.37. The van der Waals surface area contributed by atoms with Crippen molar-refractivity contribution in [2.24, 2.45) is 0 Å². The first kappa shape index (κ1) is 17.0. The molecule has 3 rings (SSSR count). The van der Waals surface area contributed by atoms with Crippen LogP contribution in [-0.4, -0.2) is 23.5 Å². The molecule has 0 bridgehead atoms. The third kappa shape index (κ3) is 4.18. The zero-order valence-corrected chi connectivity index (χ0v) is 14.7. The Hall–Kier alpha value is -2.81. The highest BCUT2D eigenvalue weighted by molar-refractivity contribution is 5.88. The highest BCUT2D eigenvalue weighted by Gasteiger charge is 2.18. The average Bonchev–Trinajstić information content (AvgIpc) is 2.64. The molecular formula is C22H23NO2. The fourth-order valence-electron chi connectivity index (χ4n) is 2.88. The Morgan fingerprint density at radius 2 is 1.60 bits per heavy atom. The number of nitrogens with zero attached hydrogens (tertiary/aromatic N) is 1. The summed E-state index contributed by atoms with van der Waals surface area (Å²) in [6.45, 7) is 4.69. The molecule has 0 aliphatic carbocycles. The van der Waals surface area contributed by atoms with E-state index >= 15 is 0 Å². The van der Waals surface area contributed by atoms with Gasteiger partial charge in [0, 0.05) is 18.0 Å². The van der Waals surface area contributed by atoms with E-state index in [1.807, 2.05) is 91.5 Å². The standard InChI is InChI=1S/C22H23NO2/c1-17(2)23(15-18-9-4-3-5-10-18)22(24)16-25-21-14-8-12-19-11-6-7-13-20(19)21/h3-14,17H,15-16H2,1-2H3. The van der Waals surface area contributed by atoms with Crippen LogP contribution in [0, 0.1) is 0 Å². The van der Waals surface area contributed by atoms with Crippen molar-refractivity contribution in [1.82, 2.24) is 4.90 Å². The Morgan fingerprint density at radius 1 is 0.920 bits per heavy atom. The fourth-order valence-corrected chi connectivity index (χ4v) is 2.88. The normalized spacial score (nSPS) is 10.8. The Labute approximate surface area is 148 Å². The van der Waals surface area contributed by atoms with E-state index in [-0.39, 0.29) is 18.6 Å². The molecule has 0 aromatic heterocycles. The van der Waals surface area contributed by atoms with Gasteiger partial charge in [-0.25, -0.2) is 0 Å². The first-order valence-electron chi connectivity index (χ1n) is 8.59. The van der Waals surface area contributed by atoms with Gasteiger partial charge in [0.05, 0.1) is 0 Å². The molecule has 0 spiro atoms. The first-order chi connectivity index (χ1) is 12.1. The quantitative estimate of drug-likeness (QED) is 0.657. The summed E-state index contributed by atoms with van der Waals surface area (Å²) in [5.74, 6) is 0.738. The van der Waals surface area contributed by atoms with Gasteiger partial charge in [-0.2, -0.15) is 0 Å². The molecule has 128 valence electrons. The molecule has 0 radical (unpaired) electrons. The molecule has 0 saturated carbocycles. The van der Waals surface area contributed by atoms with Crippen LogP contribution in [0.15, 0.2) is 72.8 Å². The molecule has 3 heteroatoms. The molecule has 0 saturated heterocycles. The summed E-state index contributed by atoms with van der Waals surface area (Å²) in [4.78, 5) is 14.5. The second kappa shape index (κ2) is 7.84. The molecule has 0 aliphatic heterocycles. The van der Waals surface area contributed by atoms with E-state index in [2.05, 4.69) is 0 Å². The maximum Gasteiger partial charge on any atom is 0.261 e. The van der Waals surface area contributed by atoms with Gasteiger partial charge in [0.1, 0.15) is 5.75 Å². The predicted octanol–water partition coefficient (Wildman–Crippen LogP) is 4.66. The van der Waals surface area contributed by atoms with Gasteiger partial charge in [-0.05, 0) is 30.9 Å². The maximum absolute atomic E-state index is 12.7. The lowest BCUT2D eigenvalue weighted by atomic mass is 10.1. The van der Waals surface area contributed by atoms with Gasteiger partial charge in [0.25, 0.3) is 5.91 Å². The lowest BCUT2D eigenvalue weighted by molar-refractivity contribution is -0.135. The van der Waals surface area contributed by atoms with E-state index in [0.717, 1.165) is 22.1 Å². The summed E-state index contributed by atoms with van der Waals surface area (Å²) < 4.78 is 5.86. The summed E-state index contributed by atoms with van der Waals surface area (Å²) in [5.41, 5.74) is 1.12. The van der Waals surface area contributed by atoms with Crippen molar-refractivity contribution in [3.05, 3.63) is 78.4 Å². The van der Waals surface area contributed by atoms with Crippen LogP contribution in [0.2, 0.25) is 0 Å². The van der Waals surface area contributed by atoms with Gasteiger partial charge in [-0.1, -0.05) is 66.7 Å². The Morgan fingerprint density at radius 3 is 2.36 bits per heavy atom. The summed E-state index contributed by atoms with van der Waals surface area (Å²) in [6, 6.07) is 24.1. The van der Waals surface area contributed by atoms with Crippen molar-refractivity contribution in [2.45, 2.75) is 26.4 Å². The summed E-state index contributed by atoms with van der Waals surface area (Å²) in [5, 5.41) is 2.13. The van der Waals surface area contributed by atoms with Crippen molar-refractivity contribution >= 4 is 16.7 Å². The van der Waals surface area contributed by atoms with Crippen LogP contribution in [0.25, 0.3) is 10.8 Å². The smallest absolute Gasteiger partial charge is 0.261 e. The third-order valence-electron chi connectivity index (χ3n) is 4.24. The molecule has 3 aromatic carbocycles. The van der Waals surface area contributed by atoms with E-state index in [0.29, 0.717) is 6.54 Å². The number of amides is 1. The van der Waals surface area contributed by atoms with Gasteiger partial charge < -0.3 is 9.64 Å². The lowest BCUT2D eigenvalue weighted by Gasteiger charge is -2.27. The molecule has 1 amide bonds. The minimum atomic E-state index is -0.00760. The summed E-state index contributed by atoms with van der Waals surface area (Å²) in [7, 11) is 0. The number of hydrogen-bond donors (Lipinski definition) is 0. The van der Waals surface area contributed by atoms with E-state index in [1.54, 1.807) is 0 Å². The molecule has 0 heterocycles. The Bertz CT molecular complexity index is 838. The van der Waals surface area contributed by atoms with Crippen LogP contribution in [-0.2, 0) is 11.3 Å². The largest absolute Gasteiger partial charge is 0.483 e. The molecule has 25 heavy (non-hydrogen) atoms. The third-order valence-corrected chi connectivity index (χ3v) is 4.24. The molecule has 0 N–H and O–H groups in total. The molecule has 3 nitrogen and oxygen atoms in total. The van der Waals surface area contributed by atoms with Crippen LogP contribution >= 0.6 is 0 Å². The second-order valence-electron chi connectivity index (χ2n) is 6.37. The number of rotatable bonds is 6. The molecule has 0 fully saturated rings. The Kier molecular flexibility index (Phi) is 5.34. The van der Waals surface area contributed by atoms with Crippen molar-refractivity contribution in [1.29, 1.82) is 0 Å². The number of fused-ring (bicyclic) bond motifs is 1. The van der Waals surface area contributed by atoms with Crippen molar-refractivity contribution < 1.29 is 9.53 Å². The SMILES string of the molecule is CC(C)N(Cc1ccccc1)C(=O)COc1cccc2ccccc12. The zero-order chi connectivity index (χ0) is 17.6. The van der Waals surface area contributed by atoms with Crippen molar-refractivity contribution in [3.8, 4) is 5.75 Å². The zero-order valence-electron chi connectivity index (χ0n) is 14.7.